The topological polar surface area (TPSA) is 43.9 Å². The lowest BCUT2D eigenvalue weighted by atomic mass is 10.1. The zero-order chi connectivity index (χ0) is 16.3. The number of hydrogen-bond donors (Lipinski definition) is 0. The quantitative estimate of drug-likeness (QED) is 0.801. The summed E-state index contributed by atoms with van der Waals surface area (Å²) in [6.07, 6.45) is -0.373. The molecule has 5 nitrogen and oxygen atoms in total. The fourth-order valence-electron chi connectivity index (χ4n) is 3.76. The molecule has 0 radical (unpaired) electrons. The molecule has 0 aromatic heterocycles. The van der Waals surface area contributed by atoms with E-state index < -0.39 is 0 Å². The maximum absolute atomic E-state index is 13.2. The summed E-state index contributed by atoms with van der Waals surface area (Å²) < 4.78 is 0. The fraction of sp³-hybridized carbons (Fsp3) is 0.222. The van der Waals surface area contributed by atoms with E-state index in [1.54, 1.807) is 27.6 Å². The summed E-state index contributed by atoms with van der Waals surface area (Å²) in [5.74, 6) is 1.58. The number of hydrogen-bond acceptors (Lipinski definition) is 4. The summed E-state index contributed by atoms with van der Waals surface area (Å²) >= 11 is 1.75. The molecule has 3 aliphatic heterocycles. The lowest BCUT2D eigenvalue weighted by molar-refractivity contribution is -0.118. The maximum atomic E-state index is 13.2. The van der Waals surface area contributed by atoms with Crippen LogP contribution in [0.2, 0.25) is 0 Å². The van der Waals surface area contributed by atoms with Crippen LogP contribution in [0.25, 0.3) is 0 Å². The van der Waals surface area contributed by atoms with Crippen molar-refractivity contribution in [3.05, 3.63) is 60.2 Å². The molecule has 24 heavy (non-hydrogen) atoms. The van der Waals surface area contributed by atoms with Crippen LogP contribution in [-0.4, -0.2) is 40.7 Å². The minimum absolute atomic E-state index is 0.0524. The van der Waals surface area contributed by atoms with Crippen LogP contribution in [0.3, 0.4) is 0 Å². The van der Waals surface area contributed by atoms with Crippen LogP contribution in [0.1, 0.15) is 10.4 Å². The van der Waals surface area contributed by atoms with E-state index in [1.807, 2.05) is 48.5 Å². The van der Waals surface area contributed by atoms with Gasteiger partial charge in [0.05, 0.1) is 11.3 Å². The molecule has 2 aromatic rings. The normalized spacial score (nSPS) is 25.7. The fourth-order valence-corrected chi connectivity index (χ4v) is 4.95. The molecule has 2 saturated heterocycles. The molecular formula is C18H15N3O2S. The highest BCUT2D eigenvalue weighted by Crippen LogP contribution is 2.43. The number of benzene rings is 2. The van der Waals surface area contributed by atoms with Crippen molar-refractivity contribution in [3.63, 3.8) is 0 Å². The van der Waals surface area contributed by atoms with Gasteiger partial charge in [0, 0.05) is 17.3 Å². The average molecular weight is 337 g/mol. The molecule has 0 N–H and O–H groups in total. The maximum Gasteiger partial charge on any atom is 0.263 e. The van der Waals surface area contributed by atoms with Gasteiger partial charge in [0.1, 0.15) is 6.04 Å². The molecule has 3 aliphatic rings. The molecule has 0 saturated carbocycles. The van der Waals surface area contributed by atoms with Gasteiger partial charge in [0.2, 0.25) is 5.91 Å². The predicted molar refractivity (Wildman–Crippen MR) is 93.9 cm³/mol. The Labute approximate surface area is 143 Å². The second-order valence-corrected chi connectivity index (χ2v) is 7.11. The smallest absolute Gasteiger partial charge is 0.263 e. The summed E-state index contributed by atoms with van der Waals surface area (Å²) in [6, 6.07) is 16.9. The largest absolute Gasteiger partial charge is 0.275 e. The lowest BCUT2D eigenvalue weighted by Gasteiger charge is -2.42. The number of nitrogens with zero attached hydrogens (tertiary/aromatic N) is 3. The molecule has 2 amide bonds. The molecular weight excluding hydrogens is 322 g/mol. The van der Waals surface area contributed by atoms with E-state index in [9.17, 15) is 9.59 Å². The van der Waals surface area contributed by atoms with Gasteiger partial charge in [0.15, 0.2) is 6.29 Å². The molecule has 2 aromatic carbocycles. The van der Waals surface area contributed by atoms with Gasteiger partial charge >= 0.3 is 0 Å². The first-order valence-corrected chi connectivity index (χ1v) is 9.07. The van der Waals surface area contributed by atoms with Crippen molar-refractivity contribution in [1.29, 1.82) is 0 Å². The molecule has 0 unspecified atom stereocenters. The average Bonchev–Trinajstić information content (AvgIpc) is 3.20. The van der Waals surface area contributed by atoms with E-state index in [0.29, 0.717) is 5.56 Å². The summed E-state index contributed by atoms with van der Waals surface area (Å²) in [4.78, 5) is 31.9. The van der Waals surface area contributed by atoms with E-state index in [1.165, 1.54) is 0 Å². The minimum atomic E-state index is -0.373. The summed E-state index contributed by atoms with van der Waals surface area (Å²) in [6.45, 7) is 0. The van der Waals surface area contributed by atoms with Crippen LogP contribution in [0, 0.1) is 0 Å². The van der Waals surface area contributed by atoms with Crippen LogP contribution in [-0.2, 0) is 4.79 Å². The number of para-hydroxylation sites is 2. The SMILES string of the molecule is O=C1c2ccccc2N2C(=O)[C@@H]3CSCN3[C@H]2N1c1ccccc1. The third kappa shape index (κ3) is 1.75. The second kappa shape index (κ2) is 5.09. The molecule has 0 bridgehead atoms. The predicted octanol–water partition coefficient (Wildman–Crippen LogP) is 2.35. The number of rotatable bonds is 1. The van der Waals surface area contributed by atoms with Gasteiger partial charge < -0.3 is 0 Å². The Morgan fingerprint density at radius 3 is 2.50 bits per heavy atom. The monoisotopic (exact) mass is 337 g/mol. The number of anilines is 2. The number of fused-ring (bicyclic) bond motifs is 5. The van der Waals surface area contributed by atoms with Gasteiger partial charge in [-0.25, -0.2) is 4.90 Å². The third-order valence-electron chi connectivity index (χ3n) is 4.84. The van der Waals surface area contributed by atoms with E-state index >= 15 is 0 Å². The van der Waals surface area contributed by atoms with Crippen molar-refractivity contribution in [2.75, 3.05) is 21.4 Å². The van der Waals surface area contributed by atoms with E-state index in [4.69, 9.17) is 0 Å². The van der Waals surface area contributed by atoms with Gasteiger partial charge in [-0.15, -0.1) is 11.8 Å². The first-order valence-electron chi connectivity index (χ1n) is 7.91. The molecule has 3 heterocycles. The Kier molecular flexibility index (Phi) is 2.98. The van der Waals surface area contributed by atoms with Crippen LogP contribution in [0.5, 0.6) is 0 Å². The Bertz CT molecular complexity index is 841. The number of carbonyl (C=O) groups excluding carboxylic acids is 2. The van der Waals surface area contributed by atoms with Gasteiger partial charge in [-0.05, 0) is 24.3 Å². The Morgan fingerprint density at radius 2 is 1.67 bits per heavy atom. The second-order valence-electron chi connectivity index (χ2n) is 6.11. The van der Waals surface area contributed by atoms with Crippen LogP contribution < -0.4 is 9.80 Å². The summed E-state index contributed by atoms with van der Waals surface area (Å²) in [5, 5.41) is 0. The summed E-state index contributed by atoms with van der Waals surface area (Å²) in [7, 11) is 0. The first kappa shape index (κ1) is 14.1. The zero-order valence-electron chi connectivity index (χ0n) is 12.8. The van der Waals surface area contributed by atoms with Gasteiger partial charge in [-0.1, -0.05) is 30.3 Å². The highest BCUT2D eigenvalue weighted by atomic mass is 32.2. The van der Waals surface area contributed by atoms with Gasteiger partial charge in [0.25, 0.3) is 5.91 Å². The standard InChI is InChI=1S/C18H15N3O2S/c22-16-13-8-4-5-9-14(13)21-17(23)15-10-24-11-19(15)18(21)20(16)12-6-2-1-3-7-12/h1-9,15,18H,10-11H2/t15-,18-/m0/s1. The van der Waals surface area contributed by atoms with Gasteiger partial charge in [-0.3, -0.25) is 19.4 Å². The molecule has 120 valence electrons. The van der Waals surface area contributed by atoms with Crippen LogP contribution in [0.4, 0.5) is 11.4 Å². The first-order chi connectivity index (χ1) is 11.8. The van der Waals surface area contributed by atoms with Crippen molar-refractivity contribution in [1.82, 2.24) is 4.90 Å². The number of carbonyl (C=O) groups is 2. The zero-order valence-corrected chi connectivity index (χ0v) is 13.6. The van der Waals surface area contributed by atoms with Crippen LogP contribution in [0.15, 0.2) is 54.6 Å². The van der Waals surface area contributed by atoms with Crippen molar-refractivity contribution >= 4 is 35.0 Å². The summed E-state index contributed by atoms with van der Waals surface area (Å²) in [5.41, 5.74) is 2.13. The van der Waals surface area contributed by atoms with E-state index in [0.717, 1.165) is 23.0 Å². The third-order valence-corrected chi connectivity index (χ3v) is 5.88. The molecule has 5 rings (SSSR count). The highest BCUT2D eigenvalue weighted by Gasteiger charge is 2.55. The number of thioether (sulfide) groups is 1. The van der Waals surface area contributed by atoms with Crippen LogP contribution >= 0.6 is 11.8 Å². The van der Waals surface area contributed by atoms with Crippen molar-refractivity contribution in [2.24, 2.45) is 0 Å². The Balaban J connectivity index is 1.73. The number of amides is 2. The Morgan fingerprint density at radius 1 is 0.917 bits per heavy atom. The Hall–Kier alpha value is -2.31. The highest BCUT2D eigenvalue weighted by molar-refractivity contribution is 7.99. The lowest BCUT2D eigenvalue weighted by Crippen LogP contribution is -2.58. The van der Waals surface area contributed by atoms with Gasteiger partial charge in [-0.2, -0.15) is 0 Å². The van der Waals surface area contributed by atoms with E-state index in [2.05, 4.69) is 4.90 Å². The van der Waals surface area contributed by atoms with Crippen molar-refractivity contribution in [3.8, 4) is 0 Å². The molecule has 0 spiro atoms. The molecule has 0 aliphatic carbocycles. The van der Waals surface area contributed by atoms with Crippen molar-refractivity contribution in [2.45, 2.75) is 12.3 Å². The molecule has 2 atom stereocenters. The minimum Gasteiger partial charge on any atom is -0.275 e. The van der Waals surface area contributed by atoms with E-state index in [-0.39, 0.29) is 24.1 Å². The van der Waals surface area contributed by atoms with Crippen molar-refractivity contribution < 1.29 is 9.59 Å². The molecule has 6 heteroatoms. The molecule has 2 fully saturated rings.